The number of carbonyl (C=O) groups excluding carboxylic acids is 2. The number of nitrogens with two attached hydrogens (primary N) is 1. The zero-order chi connectivity index (χ0) is 29.5. The summed E-state index contributed by atoms with van der Waals surface area (Å²) in [6, 6.07) is 16.2. The first-order valence-electron chi connectivity index (χ1n) is 12.9. The van der Waals surface area contributed by atoms with Crippen molar-refractivity contribution in [1.82, 2.24) is 14.9 Å². The van der Waals surface area contributed by atoms with Crippen molar-refractivity contribution in [2.24, 2.45) is 0 Å². The lowest BCUT2D eigenvalue weighted by Gasteiger charge is -2.36. The van der Waals surface area contributed by atoms with Crippen LogP contribution in [0.25, 0.3) is 0 Å². The second kappa shape index (κ2) is 13.2. The average molecular weight is 575 g/mol. The predicted octanol–water partition coefficient (Wildman–Crippen LogP) is 3.50. The summed E-state index contributed by atoms with van der Waals surface area (Å²) < 4.78 is 0. The Bertz CT molecular complexity index is 1490. The molecule has 0 saturated carbocycles. The number of halogens is 1. The molecule has 3 amide bonds. The van der Waals surface area contributed by atoms with Crippen molar-refractivity contribution in [2.45, 2.75) is 6.54 Å². The van der Waals surface area contributed by atoms with Gasteiger partial charge in [0.2, 0.25) is 11.9 Å². The average Bonchev–Trinajstić information content (AvgIpc) is 2.96. The van der Waals surface area contributed by atoms with Gasteiger partial charge in [-0.25, -0.2) is 14.7 Å². The maximum absolute atomic E-state index is 14.1. The number of allylic oxidation sites excluding steroid dienone is 1. The standard InChI is InChI=1S/C29H32ClN9O2/c1-32-18-24(26(30)31)34-28-33-17-20-19-38(21-10-6-5-7-11-21)29(41)39(27(20)35-28)23-13-8-12-22(16-23)37(4)25(40)14-9-15-36(2)3/h5-14,16-18,31-32H,15,19H2,1-4H3,(H,33,34,35)/p+1/b14-9+,24-18+,31-26?. The second-order valence-corrected chi connectivity index (χ2v) is 9.89. The number of benzene rings is 2. The van der Waals surface area contributed by atoms with Gasteiger partial charge in [-0.2, -0.15) is 4.98 Å². The minimum Gasteiger partial charge on any atom is -0.321 e. The van der Waals surface area contributed by atoms with Crippen LogP contribution in [0, 0.1) is 5.41 Å². The van der Waals surface area contributed by atoms with Gasteiger partial charge in [0.15, 0.2) is 5.82 Å². The maximum atomic E-state index is 14.1. The van der Waals surface area contributed by atoms with Crippen LogP contribution >= 0.6 is 11.6 Å². The van der Waals surface area contributed by atoms with Gasteiger partial charge in [0.25, 0.3) is 0 Å². The third-order valence-corrected chi connectivity index (χ3v) is 6.43. The molecular formula is C29H33ClN9O2+. The van der Waals surface area contributed by atoms with Crippen LogP contribution in [0.3, 0.4) is 0 Å². The molecule has 0 bridgehead atoms. The summed E-state index contributed by atoms with van der Waals surface area (Å²) in [6.07, 6.45) is 6.63. The van der Waals surface area contributed by atoms with Crippen molar-refractivity contribution in [3.63, 3.8) is 0 Å². The number of anilines is 5. The SMILES string of the molecule is C[NH2+]/C=C(/Nc1ncc2c(n1)N(c1cccc(N(C)C(=O)/C=C/CN(C)C)c1)C(=O)N(c1ccccc1)C2)C(=N)Cl. The fourth-order valence-electron chi connectivity index (χ4n) is 4.16. The number of likely N-dealkylation sites (N-methyl/N-ethyl adjacent to an activating group) is 2. The minimum atomic E-state index is -0.312. The number of para-hydroxylation sites is 1. The first-order valence-corrected chi connectivity index (χ1v) is 13.3. The minimum absolute atomic E-state index is 0.183. The molecule has 4 rings (SSSR count). The molecule has 2 heterocycles. The Morgan fingerprint density at radius 2 is 1.88 bits per heavy atom. The first-order chi connectivity index (χ1) is 19.7. The number of nitrogens with zero attached hydrogens (tertiary/aromatic N) is 6. The highest BCUT2D eigenvalue weighted by Gasteiger charge is 2.34. The molecular weight excluding hydrogens is 542 g/mol. The number of carbonyl (C=O) groups is 2. The van der Waals surface area contributed by atoms with Gasteiger partial charge in [-0.05, 0) is 44.4 Å². The van der Waals surface area contributed by atoms with Crippen molar-refractivity contribution in [3.05, 3.63) is 90.4 Å². The molecule has 1 aliphatic heterocycles. The van der Waals surface area contributed by atoms with E-state index in [0.717, 1.165) is 5.69 Å². The van der Waals surface area contributed by atoms with E-state index in [2.05, 4.69) is 15.3 Å². The molecule has 0 spiro atoms. The van der Waals surface area contributed by atoms with E-state index in [1.807, 2.05) is 55.4 Å². The summed E-state index contributed by atoms with van der Waals surface area (Å²) in [5.74, 6) is 0.380. The molecule has 41 heavy (non-hydrogen) atoms. The smallest absolute Gasteiger partial charge is 0.321 e. The van der Waals surface area contributed by atoms with Crippen LogP contribution in [-0.2, 0) is 11.3 Å². The Morgan fingerprint density at radius 1 is 1.15 bits per heavy atom. The lowest BCUT2D eigenvalue weighted by atomic mass is 10.1. The molecule has 0 unspecified atom stereocenters. The van der Waals surface area contributed by atoms with Crippen molar-refractivity contribution in [3.8, 4) is 0 Å². The van der Waals surface area contributed by atoms with Gasteiger partial charge < -0.3 is 20.4 Å². The zero-order valence-corrected chi connectivity index (χ0v) is 24.1. The lowest BCUT2D eigenvalue weighted by Crippen LogP contribution is -2.73. The van der Waals surface area contributed by atoms with Crippen molar-refractivity contribution >= 4 is 57.5 Å². The third-order valence-electron chi connectivity index (χ3n) is 6.23. The van der Waals surface area contributed by atoms with Crippen LogP contribution < -0.4 is 25.3 Å². The Balaban J connectivity index is 1.76. The molecule has 2 aromatic carbocycles. The van der Waals surface area contributed by atoms with E-state index in [-0.39, 0.29) is 29.6 Å². The Kier molecular flexibility index (Phi) is 9.45. The van der Waals surface area contributed by atoms with Crippen molar-refractivity contribution in [2.75, 3.05) is 54.8 Å². The number of urea groups is 1. The normalized spacial score (nSPS) is 13.5. The molecule has 3 aromatic rings. The van der Waals surface area contributed by atoms with Gasteiger partial charge in [-0.3, -0.25) is 15.1 Å². The number of hydrogen-bond acceptors (Lipinski definition) is 7. The highest BCUT2D eigenvalue weighted by molar-refractivity contribution is 6.68. The molecule has 0 aliphatic carbocycles. The molecule has 0 fully saturated rings. The number of rotatable bonds is 10. The van der Waals surface area contributed by atoms with Gasteiger partial charge in [0, 0.05) is 42.8 Å². The van der Waals surface area contributed by atoms with Crippen molar-refractivity contribution in [1.29, 1.82) is 5.41 Å². The highest BCUT2D eigenvalue weighted by Crippen LogP contribution is 2.37. The van der Waals surface area contributed by atoms with Gasteiger partial charge >= 0.3 is 6.03 Å². The van der Waals surface area contributed by atoms with Crippen molar-refractivity contribution < 1.29 is 14.9 Å². The van der Waals surface area contributed by atoms with Crippen LogP contribution in [0.15, 0.2) is 84.8 Å². The van der Waals surface area contributed by atoms with E-state index < -0.39 is 0 Å². The Hall–Kier alpha value is -4.58. The monoisotopic (exact) mass is 574 g/mol. The van der Waals surface area contributed by atoms with Crippen LogP contribution in [0.4, 0.5) is 33.6 Å². The van der Waals surface area contributed by atoms with E-state index in [9.17, 15) is 9.59 Å². The summed E-state index contributed by atoms with van der Waals surface area (Å²) in [7, 11) is 7.35. The van der Waals surface area contributed by atoms with E-state index in [4.69, 9.17) is 17.0 Å². The summed E-state index contributed by atoms with van der Waals surface area (Å²) in [5.41, 5.74) is 2.90. The fraction of sp³-hybridized carbons (Fsp3) is 0.207. The number of nitrogens with one attached hydrogen (secondary N) is 2. The summed E-state index contributed by atoms with van der Waals surface area (Å²) in [6.45, 7) is 0.904. The predicted molar refractivity (Wildman–Crippen MR) is 163 cm³/mol. The molecule has 212 valence electrons. The molecule has 11 nitrogen and oxygen atoms in total. The summed E-state index contributed by atoms with van der Waals surface area (Å²) in [4.78, 5) is 42.6. The molecule has 12 heteroatoms. The maximum Gasteiger partial charge on any atom is 0.335 e. The zero-order valence-electron chi connectivity index (χ0n) is 23.4. The van der Waals surface area contributed by atoms with Crippen LogP contribution in [0.2, 0.25) is 0 Å². The summed E-state index contributed by atoms with van der Waals surface area (Å²) in [5, 5.41) is 12.3. The molecule has 4 N–H and O–H groups in total. The van der Waals surface area contributed by atoms with Crippen LogP contribution in [-0.4, -0.2) is 66.7 Å². The number of aromatic nitrogens is 2. The molecule has 0 radical (unpaired) electrons. The van der Waals surface area contributed by atoms with E-state index in [1.54, 1.807) is 61.0 Å². The molecule has 0 saturated heterocycles. The van der Waals surface area contributed by atoms with Gasteiger partial charge in [0.1, 0.15) is 17.1 Å². The van der Waals surface area contributed by atoms with E-state index in [1.165, 1.54) is 15.9 Å². The van der Waals surface area contributed by atoms with Gasteiger partial charge in [0.05, 0.1) is 19.3 Å². The summed E-state index contributed by atoms with van der Waals surface area (Å²) >= 11 is 5.94. The number of hydrogen-bond donors (Lipinski definition) is 3. The Labute approximate surface area is 244 Å². The molecule has 1 aromatic heterocycles. The number of quaternary nitrogens is 1. The Morgan fingerprint density at radius 3 is 2.56 bits per heavy atom. The largest absolute Gasteiger partial charge is 0.335 e. The molecule has 0 atom stereocenters. The van der Waals surface area contributed by atoms with E-state index in [0.29, 0.717) is 35.0 Å². The highest BCUT2D eigenvalue weighted by atomic mass is 35.5. The van der Waals surface area contributed by atoms with Gasteiger partial charge in [-0.15, -0.1) is 0 Å². The number of fused-ring (bicyclic) bond motifs is 1. The van der Waals surface area contributed by atoms with Crippen LogP contribution in [0.5, 0.6) is 0 Å². The quantitative estimate of drug-likeness (QED) is 0.251. The second-order valence-electron chi connectivity index (χ2n) is 9.52. The van der Waals surface area contributed by atoms with E-state index >= 15 is 0 Å². The fourth-order valence-corrected chi connectivity index (χ4v) is 4.27. The van der Waals surface area contributed by atoms with Crippen LogP contribution in [0.1, 0.15) is 5.56 Å². The topological polar surface area (TPSA) is 125 Å². The number of amides is 3. The third kappa shape index (κ3) is 6.95. The lowest BCUT2D eigenvalue weighted by molar-refractivity contribution is -0.556. The van der Waals surface area contributed by atoms with Gasteiger partial charge in [-0.1, -0.05) is 41.9 Å². The molecule has 1 aliphatic rings. The first kappa shape index (κ1) is 29.4.